The van der Waals surface area contributed by atoms with Crippen LogP contribution in [0.3, 0.4) is 0 Å². The first kappa shape index (κ1) is 23.1. The number of thiazole rings is 1. The summed E-state index contributed by atoms with van der Waals surface area (Å²) in [7, 11) is 4.09. The summed E-state index contributed by atoms with van der Waals surface area (Å²) in [6.07, 6.45) is 4.41. The zero-order valence-corrected chi connectivity index (χ0v) is 19.0. The van der Waals surface area contributed by atoms with Crippen molar-refractivity contribution in [3.8, 4) is 0 Å². The minimum Gasteiger partial charge on any atom is -0.309 e. The molecule has 154 valence electrons. The molecule has 0 spiro atoms. The maximum atomic E-state index is 13.0. The molecule has 0 unspecified atom stereocenters. The van der Waals surface area contributed by atoms with E-state index in [9.17, 15) is 4.79 Å². The highest BCUT2D eigenvalue weighted by Crippen LogP contribution is 2.32. The molecule has 0 bridgehead atoms. The molecule has 0 aliphatic rings. The van der Waals surface area contributed by atoms with Crippen LogP contribution < -0.4 is 4.90 Å². The third-order valence-corrected chi connectivity index (χ3v) is 5.82. The van der Waals surface area contributed by atoms with Gasteiger partial charge in [0, 0.05) is 12.6 Å². The molecule has 6 heteroatoms. The molecule has 0 fully saturated rings. The standard InChI is InChI=1S/C23H27N3OS.ClH/c1-17-11-13-20-22(18(17)2)24-23(28-20)26(16-8-15-25(3)4)21(27)14-12-19-9-6-5-7-10-19;/h5-7,9-14H,8,15-16H2,1-4H3;1H. The Bertz CT molecular complexity index is 982. The van der Waals surface area contributed by atoms with Gasteiger partial charge in [0.1, 0.15) is 0 Å². The number of hydrogen-bond donors (Lipinski definition) is 0. The van der Waals surface area contributed by atoms with Crippen LogP contribution in [0.1, 0.15) is 23.1 Å². The highest BCUT2D eigenvalue weighted by Gasteiger charge is 2.18. The van der Waals surface area contributed by atoms with Crippen LogP contribution >= 0.6 is 23.7 Å². The lowest BCUT2D eigenvalue weighted by atomic mass is 10.1. The number of nitrogens with zero attached hydrogens (tertiary/aromatic N) is 3. The van der Waals surface area contributed by atoms with Gasteiger partial charge in [-0.05, 0) is 69.7 Å². The molecular weight excluding hydrogens is 402 g/mol. The molecule has 29 heavy (non-hydrogen) atoms. The average molecular weight is 430 g/mol. The van der Waals surface area contributed by atoms with E-state index in [1.54, 1.807) is 17.4 Å². The van der Waals surface area contributed by atoms with Crippen molar-refractivity contribution in [1.29, 1.82) is 0 Å². The molecule has 4 nitrogen and oxygen atoms in total. The van der Waals surface area contributed by atoms with Gasteiger partial charge in [0.25, 0.3) is 5.91 Å². The van der Waals surface area contributed by atoms with E-state index in [-0.39, 0.29) is 18.3 Å². The van der Waals surface area contributed by atoms with E-state index in [0.717, 1.165) is 33.9 Å². The van der Waals surface area contributed by atoms with Crippen LogP contribution in [0, 0.1) is 13.8 Å². The van der Waals surface area contributed by atoms with E-state index in [2.05, 4.69) is 30.9 Å². The summed E-state index contributed by atoms with van der Waals surface area (Å²) < 4.78 is 1.12. The van der Waals surface area contributed by atoms with Gasteiger partial charge in [0.15, 0.2) is 5.13 Å². The molecule has 0 atom stereocenters. The molecule has 0 saturated heterocycles. The topological polar surface area (TPSA) is 36.4 Å². The largest absolute Gasteiger partial charge is 0.309 e. The predicted octanol–water partition coefficient (Wildman–Crippen LogP) is 5.33. The number of aromatic nitrogens is 1. The number of fused-ring (bicyclic) bond motifs is 1. The van der Waals surface area contributed by atoms with E-state index in [1.165, 1.54) is 11.1 Å². The molecule has 0 N–H and O–H groups in total. The summed E-state index contributed by atoms with van der Waals surface area (Å²) >= 11 is 1.58. The molecule has 1 heterocycles. The first-order valence-electron chi connectivity index (χ1n) is 9.52. The Morgan fingerprint density at radius 3 is 2.48 bits per heavy atom. The van der Waals surface area contributed by atoms with Crippen LogP contribution in [0.4, 0.5) is 5.13 Å². The Morgan fingerprint density at radius 2 is 1.79 bits per heavy atom. The molecule has 3 aromatic rings. The molecule has 0 radical (unpaired) electrons. The number of hydrogen-bond acceptors (Lipinski definition) is 4. The number of carbonyl (C=O) groups excluding carboxylic acids is 1. The minimum atomic E-state index is -0.0314. The third-order valence-electron chi connectivity index (χ3n) is 4.78. The van der Waals surface area contributed by atoms with Crippen molar-refractivity contribution in [3.05, 3.63) is 65.2 Å². The van der Waals surface area contributed by atoms with Crippen molar-refractivity contribution in [3.63, 3.8) is 0 Å². The summed E-state index contributed by atoms with van der Waals surface area (Å²) in [5, 5.41) is 0.769. The number of benzene rings is 2. The van der Waals surface area contributed by atoms with Crippen LogP contribution in [0.2, 0.25) is 0 Å². The number of aryl methyl sites for hydroxylation is 2. The van der Waals surface area contributed by atoms with E-state index < -0.39 is 0 Å². The molecule has 2 aromatic carbocycles. The normalized spacial score (nSPS) is 11.2. The van der Waals surface area contributed by atoms with Gasteiger partial charge in [-0.1, -0.05) is 47.7 Å². The first-order chi connectivity index (χ1) is 13.5. The Labute approximate surface area is 183 Å². The maximum Gasteiger partial charge on any atom is 0.252 e. The molecule has 1 amide bonds. The van der Waals surface area contributed by atoms with Crippen molar-refractivity contribution in [1.82, 2.24) is 9.88 Å². The van der Waals surface area contributed by atoms with Crippen molar-refractivity contribution >= 4 is 51.1 Å². The highest BCUT2D eigenvalue weighted by molar-refractivity contribution is 7.22. The Balaban J connectivity index is 0.00000300. The van der Waals surface area contributed by atoms with Crippen LogP contribution in [-0.4, -0.2) is 43.0 Å². The van der Waals surface area contributed by atoms with Crippen molar-refractivity contribution in [2.45, 2.75) is 20.3 Å². The predicted molar refractivity (Wildman–Crippen MR) is 127 cm³/mol. The third kappa shape index (κ3) is 5.89. The van der Waals surface area contributed by atoms with Gasteiger partial charge in [0.2, 0.25) is 0 Å². The highest BCUT2D eigenvalue weighted by atomic mass is 35.5. The zero-order chi connectivity index (χ0) is 20.1. The molecule has 0 aliphatic heterocycles. The van der Waals surface area contributed by atoms with Gasteiger partial charge >= 0.3 is 0 Å². The molecular formula is C23H28ClN3OS. The van der Waals surface area contributed by atoms with E-state index in [0.29, 0.717) is 6.54 Å². The molecule has 3 rings (SSSR count). The van der Waals surface area contributed by atoms with E-state index >= 15 is 0 Å². The van der Waals surface area contributed by atoms with Crippen molar-refractivity contribution < 1.29 is 4.79 Å². The second kappa shape index (κ2) is 10.5. The second-order valence-corrected chi connectivity index (χ2v) is 8.25. The maximum absolute atomic E-state index is 13.0. The lowest BCUT2D eigenvalue weighted by Gasteiger charge is -2.19. The fourth-order valence-electron chi connectivity index (χ4n) is 3.00. The average Bonchev–Trinajstić information content (AvgIpc) is 3.11. The quantitative estimate of drug-likeness (QED) is 0.476. The Kier molecular flexibility index (Phi) is 8.38. The van der Waals surface area contributed by atoms with Gasteiger partial charge in [-0.3, -0.25) is 9.69 Å². The number of carbonyl (C=O) groups is 1. The lowest BCUT2D eigenvalue weighted by molar-refractivity contribution is -0.114. The number of amides is 1. The minimum absolute atomic E-state index is 0. The monoisotopic (exact) mass is 429 g/mol. The smallest absolute Gasteiger partial charge is 0.252 e. The van der Waals surface area contributed by atoms with Crippen molar-refractivity contribution in [2.75, 3.05) is 32.1 Å². The van der Waals surface area contributed by atoms with Gasteiger partial charge in [-0.25, -0.2) is 4.98 Å². The summed E-state index contributed by atoms with van der Waals surface area (Å²) in [6, 6.07) is 14.1. The molecule has 0 saturated carbocycles. The van der Waals surface area contributed by atoms with Crippen LogP contribution in [-0.2, 0) is 4.79 Å². The van der Waals surface area contributed by atoms with E-state index in [4.69, 9.17) is 4.98 Å². The summed E-state index contributed by atoms with van der Waals surface area (Å²) in [5.41, 5.74) is 4.41. The molecule has 1 aromatic heterocycles. The summed E-state index contributed by atoms with van der Waals surface area (Å²) in [4.78, 5) is 21.8. The molecule has 0 aliphatic carbocycles. The van der Waals surface area contributed by atoms with E-state index in [1.807, 2.05) is 55.4 Å². The summed E-state index contributed by atoms with van der Waals surface area (Å²) in [6.45, 7) is 5.76. The Hall–Kier alpha value is -2.21. The SMILES string of the molecule is Cc1ccc2sc(N(CCCN(C)C)C(=O)C=Cc3ccccc3)nc2c1C.Cl. The van der Waals surface area contributed by atoms with Crippen LogP contribution in [0.5, 0.6) is 0 Å². The van der Waals surface area contributed by atoms with Crippen LogP contribution in [0.25, 0.3) is 16.3 Å². The van der Waals surface area contributed by atoms with Crippen molar-refractivity contribution in [2.24, 2.45) is 0 Å². The number of anilines is 1. The fraction of sp³-hybridized carbons (Fsp3) is 0.304. The first-order valence-corrected chi connectivity index (χ1v) is 10.3. The summed E-state index contributed by atoms with van der Waals surface area (Å²) in [5.74, 6) is -0.0314. The number of halogens is 1. The van der Waals surface area contributed by atoms with Gasteiger partial charge < -0.3 is 4.90 Å². The lowest BCUT2D eigenvalue weighted by Crippen LogP contribution is -2.32. The van der Waals surface area contributed by atoms with Gasteiger partial charge in [-0.2, -0.15) is 0 Å². The van der Waals surface area contributed by atoms with Gasteiger partial charge in [-0.15, -0.1) is 12.4 Å². The van der Waals surface area contributed by atoms with Gasteiger partial charge in [0.05, 0.1) is 10.2 Å². The van der Waals surface area contributed by atoms with Crippen LogP contribution in [0.15, 0.2) is 48.5 Å². The number of rotatable bonds is 7. The second-order valence-electron chi connectivity index (χ2n) is 7.24. The Morgan fingerprint density at radius 1 is 1.07 bits per heavy atom. The zero-order valence-electron chi connectivity index (χ0n) is 17.4. The fourth-order valence-corrected chi connectivity index (χ4v) is 4.05.